The first-order chi connectivity index (χ1) is 10.3. The van der Waals surface area contributed by atoms with Gasteiger partial charge in [0, 0.05) is 19.5 Å². The van der Waals surface area contributed by atoms with Crippen molar-refractivity contribution < 1.29 is 4.79 Å². The summed E-state index contributed by atoms with van der Waals surface area (Å²) in [6.07, 6.45) is 8.35. The Hall–Kier alpha value is -2.25. The summed E-state index contributed by atoms with van der Waals surface area (Å²) >= 11 is 0. The molecule has 2 fully saturated rings. The monoisotopic (exact) mass is 287 g/mol. The molecule has 0 radical (unpaired) electrons. The van der Waals surface area contributed by atoms with Crippen LogP contribution in [0.4, 0.5) is 0 Å². The fourth-order valence-electron chi connectivity index (χ4n) is 2.56. The maximum Gasteiger partial charge on any atom is 0.222 e. The molecular formula is C13H17N7O. The van der Waals surface area contributed by atoms with E-state index in [2.05, 4.69) is 20.5 Å². The van der Waals surface area contributed by atoms with Crippen LogP contribution in [0.25, 0.3) is 0 Å². The second-order valence-corrected chi connectivity index (χ2v) is 5.85. The van der Waals surface area contributed by atoms with Gasteiger partial charge in [0.15, 0.2) is 0 Å². The number of likely N-dealkylation sites (tertiary alicyclic amines) is 1. The van der Waals surface area contributed by atoms with Crippen molar-refractivity contribution in [2.45, 2.75) is 31.8 Å². The quantitative estimate of drug-likeness (QED) is 0.779. The predicted octanol–water partition coefficient (Wildman–Crippen LogP) is 0.101. The van der Waals surface area contributed by atoms with Crippen LogP contribution in [0, 0.1) is 5.92 Å². The van der Waals surface area contributed by atoms with Gasteiger partial charge in [-0.25, -0.2) is 4.68 Å². The number of amides is 1. The van der Waals surface area contributed by atoms with Crippen LogP contribution < -0.4 is 0 Å². The molecule has 0 atom stereocenters. The molecule has 2 aliphatic rings. The third-order valence-corrected chi connectivity index (χ3v) is 4.08. The topological polar surface area (TPSA) is 81.7 Å². The Balaban J connectivity index is 1.31. The van der Waals surface area contributed by atoms with Crippen LogP contribution in [0.5, 0.6) is 0 Å². The molecule has 4 rings (SSSR count). The van der Waals surface area contributed by atoms with Gasteiger partial charge in [-0.05, 0) is 18.8 Å². The first-order valence-corrected chi connectivity index (χ1v) is 7.30. The highest BCUT2D eigenvalue weighted by Gasteiger charge is 2.35. The molecule has 8 heteroatoms. The highest BCUT2D eigenvalue weighted by molar-refractivity contribution is 5.77. The Bertz CT molecular complexity index is 625. The second-order valence-electron chi connectivity index (χ2n) is 5.85. The zero-order valence-corrected chi connectivity index (χ0v) is 11.7. The van der Waals surface area contributed by atoms with Gasteiger partial charge >= 0.3 is 0 Å². The van der Waals surface area contributed by atoms with Gasteiger partial charge in [0.05, 0.1) is 24.6 Å². The summed E-state index contributed by atoms with van der Waals surface area (Å²) < 4.78 is 1.85. The molecule has 1 amide bonds. The highest BCUT2D eigenvalue weighted by atomic mass is 16.2. The van der Waals surface area contributed by atoms with Gasteiger partial charge in [-0.15, -0.1) is 5.10 Å². The lowest BCUT2D eigenvalue weighted by Gasteiger charge is -2.39. The van der Waals surface area contributed by atoms with Crippen molar-refractivity contribution in [2.75, 3.05) is 13.1 Å². The van der Waals surface area contributed by atoms with Gasteiger partial charge in [0.1, 0.15) is 12.2 Å². The van der Waals surface area contributed by atoms with E-state index in [0.29, 0.717) is 12.5 Å². The van der Waals surface area contributed by atoms with Crippen molar-refractivity contribution in [1.82, 2.24) is 34.9 Å². The maximum atomic E-state index is 11.9. The minimum atomic E-state index is 0.250. The van der Waals surface area contributed by atoms with Crippen LogP contribution in [0.15, 0.2) is 18.6 Å². The average Bonchev–Trinajstić information content (AvgIpc) is 2.88. The van der Waals surface area contributed by atoms with Crippen LogP contribution in [0.2, 0.25) is 0 Å². The van der Waals surface area contributed by atoms with Crippen LogP contribution >= 0.6 is 0 Å². The molecule has 8 nitrogen and oxygen atoms in total. The summed E-state index contributed by atoms with van der Waals surface area (Å²) in [6.45, 7) is 2.01. The standard InChI is InChI=1S/C13H17N7O/c21-13(5-10-1-2-10)18-8-12(9-18)19-6-11(16-17-19)7-20-14-3-4-15-20/h3-4,6,10,12H,1-2,5,7-9H2. The SMILES string of the molecule is O=C(CC1CC1)N1CC(n2cc(Cn3nccn3)nn2)C1. The van der Waals surface area contributed by atoms with E-state index in [1.165, 1.54) is 12.8 Å². The number of hydrogen-bond donors (Lipinski definition) is 0. The van der Waals surface area contributed by atoms with E-state index in [1.807, 2.05) is 15.8 Å². The van der Waals surface area contributed by atoms with Gasteiger partial charge in [0.2, 0.25) is 5.91 Å². The van der Waals surface area contributed by atoms with Crippen molar-refractivity contribution >= 4 is 5.91 Å². The Kier molecular flexibility index (Phi) is 2.94. The molecule has 0 N–H and O–H groups in total. The summed E-state index contributed by atoms with van der Waals surface area (Å²) in [5.74, 6) is 0.936. The van der Waals surface area contributed by atoms with Crippen molar-refractivity contribution in [3.8, 4) is 0 Å². The second kappa shape index (κ2) is 4.94. The van der Waals surface area contributed by atoms with E-state index in [0.717, 1.165) is 25.2 Å². The lowest BCUT2D eigenvalue weighted by Crippen LogP contribution is -2.51. The summed E-state index contributed by atoms with van der Waals surface area (Å²) in [4.78, 5) is 15.4. The average molecular weight is 287 g/mol. The first-order valence-electron chi connectivity index (χ1n) is 7.30. The third kappa shape index (κ3) is 2.65. The van der Waals surface area contributed by atoms with Crippen LogP contribution in [-0.2, 0) is 11.3 Å². The number of aromatic nitrogens is 6. The highest BCUT2D eigenvalue weighted by Crippen LogP contribution is 2.34. The minimum Gasteiger partial charge on any atom is -0.338 e. The number of rotatable bonds is 5. The number of nitrogens with zero attached hydrogens (tertiary/aromatic N) is 7. The normalized spacial score (nSPS) is 18.8. The molecule has 3 heterocycles. The van der Waals surface area contributed by atoms with E-state index in [1.54, 1.807) is 17.2 Å². The fourth-order valence-corrected chi connectivity index (χ4v) is 2.56. The largest absolute Gasteiger partial charge is 0.338 e. The van der Waals surface area contributed by atoms with Crippen molar-refractivity contribution in [2.24, 2.45) is 5.92 Å². The predicted molar refractivity (Wildman–Crippen MR) is 72.1 cm³/mol. The molecule has 21 heavy (non-hydrogen) atoms. The maximum absolute atomic E-state index is 11.9. The molecule has 0 spiro atoms. The van der Waals surface area contributed by atoms with E-state index < -0.39 is 0 Å². The molecule has 0 bridgehead atoms. The first kappa shape index (κ1) is 12.5. The van der Waals surface area contributed by atoms with Crippen molar-refractivity contribution in [1.29, 1.82) is 0 Å². The van der Waals surface area contributed by atoms with Gasteiger partial charge in [-0.3, -0.25) is 4.79 Å². The van der Waals surface area contributed by atoms with Gasteiger partial charge in [-0.1, -0.05) is 5.21 Å². The molecular weight excluding hydrogens is 270 g/mol. The Morgan fingerprint density at radius 1 is 1.24 bits per heavy atom. The van der Waals surface area contributed by atoms with Gasteiger partial charge in [0.25, 0.3) is 0 Å². The summed E-state index contributed by atoms with van der Waals surface area (Å²) in [5.41, 5.74) is 0.828. The molecule has 0 unspecified atom stereocenters. The van der Waals surface area contributed by atoms with E-state index in [9.17, 15) is 4.79 Å². The zero-order valence-electron chi connectivity index (χ0n) is 11.7. The fraction of sp³-hybridized carbons (Fsp3) is 0.615. The molecule has 1 saturated carbocycles. The van der Waals surface area contributed by atoms with Crippen LogP contribution in [0.1, 0.15) is 31.0 Å². The number of hydrogen-bond acceptors (Lipinski definition) is 5. The zero-order chi connectivity index (χ0) is 14.2. The summed E-state index contributed by atoms with van der Waals surface area (Å²) in [7, 11) is 0. The molecule has 1 aliphatic carbocycles. The molecule has 2 aromatic heterocycles. The van der Waals surface area contributed by atoms with Crippen LogP contribution in [0.3, 0.4) is 0 Å². The van der Waals surface area contributed by atoms with E-state index in [4.69, 9.17) is 0 Å². The third-order valence-electron chi connectivity index (χ3n) is 4.08. The van der Waals surface area contributed by atoms with Crippen LogP contribution in [-0.4, -0.2) is 53.9 Å². The summed E-state index contributed by atoms with van der Waals surface area (Å²) in [5, 5.41) is 16.4. The molecule has 0 aromatic carbocycles. The Morgan fingerprint density at radius 3 is 2.71 bits per heavy atom. The van der Waals surface area contributed by atoms with E-state index >= 15 is 0 Å². The number of carbonyl (C=O) groups is 1. The lowest BCUT2D eigenvalue weighted by molar-refractivity contribution is -0.137. The van der Waals surface area contributed by atoms with Gasteiger partial charge in [-0.2, -0.15) is 15.0 Å². The molecule has 1 saturated heterocycles. The molecule has 2 aromatic rings. The molecule has 110 valence electrons. The van der Waals surface area contributed by atoms with Gasteiger partial charge < -0.3 is 4.90 Å². The van der Waals surface area contributed by atoms with Crippen molar-refractivity contribution in [3.05, 3.63) is 24.3 Å². The number of carbonyl (C=O) groups excluding carboxylic acids is 1. The van der Waals surface area contributed by atoms with E-state index in [-0.39, 0.29) is 11.9 Å². The smallest absolute Gasteiger partial charge is 0.222 e. The Labute approximate surface area is 121 Å². The van der Waals surface area contributed by atoms with Crippen molar-refractivity contribution in [3.63, 3.8) is 0 Å². The summed E-state index contributed by atoms with van der Waals surface area (Å²) in [6, 6.07) is 0.250. The Morgan fingerprint density at radius 2 is 2.00 bits per heavy atom. The lowest BCUT2D eigenvalue weighted by atomic mass is 10.1. The molecule has 1 aliphatic heterocycles. The minimum absolute atomic E-state index is 0.250.